The molecule has 0 aliphatic heterocycles. The van der Waals surface area contributed by atoms with Crippen molar-refractivity contribution in [2.75, 3.05) is 13.7 Å². The minimum absolute atomic E-state index is 0.0100. The van der Waals surface area contributed by atoms with Gasteiger partial charge in [0, 0.05) is 22.6 Å². The van der Waals surface area contributed by atoms with Gasteiger partial charge < -0.3 is 10.1 Å². The Morgan fingerprint density at radius 1 is 1.16 bits per heavy atom. The molecule has 158 valence electrons. The highest BCUT2D eigenvalue weighted by Gasteiger charge is 2.29. The van der Waals surface area contributed by atoms with Gasteiger partial charge in [-0.1, -0.05) is 12.1 Å². The first-order chi connectivity index (χ1) is 14.9. The van der Waals surface area contributed by atoms with Gasteiger partial charge in [-0.3, -0.25) is 19.0 Å². The van der Waals surface area contributed by atoms with Gasteiger partial charge in [-0.15, -0.1) is 0 Å². The molecule has 0 spiro atoms. The molecule has 1 amide bonds. The van der Waals surface area contributed by atoms with Crippen LogP contribution in [-0.2, 0) is 9.53 Å². The summed E-state index contributed by atoms with van der Waals surface area (Å²) in [6.07, 6.45) is 1.77. The quantitative estimate of drug-likeness (QED) is 0.614. The first kappa shape index (κ1) is 20.5. The fourth-order valence-corrected chi connectivity index (χ4v) is 3.45. The van der Waals surface area contributed by atoms with Gasteiger partial charge in [-0.25, -0.2) is 9.78 Å². The molecular formula is C23H21N3O5. The number of aromatic nitrogens is 2. The molecule has 0 radical (unpaired) electrons. The van der Waals surface area contributed by atoms with Crippen molar-refractivity contribution in [2.24, 2.45) is 5.92 Å². The molecule has 0 unspecified atom stereocenters. The number of Topliss-reactive ketones (excluding diaryl/α,β-unsaturated/α-hetero) is 1. The van der Waals surface area contributed by atoms with Gasteiger partial charge in [0.1, 0.15) is 5.82 Å². The molecule has 1 saturated carbocycles. The van der Waals surface area contributed by atoms with E-state index in [0.717, 1.165) is 12.8 Å². The summed E-state index contributed by atoms with van der Waals surface area (Å²) in [5.74, 6) is -0.637. The number of carbonyl (C=O) groups excluding carboxylic acids is 3. The van der Waals surface area contributed by atoms with E-state index in [4.69, 9.17) is 4.74 Å². The SMILES string of the molecule is COC(=O)c1cccc(-n2c(C)cc3ccc(C(=O)NCC(=O)C4CC4)cc3c2=O)n1. The fraction of sp³-hybridized carbons (Fsp3) is 0.261. The molecule has 2 aromatic heterocycles. The van der Waals surface area contributed by atoms with Crippen molar-refractivity contribution in [1.29, 1.82) is 0 Å². The van der Waals surface area contributed by atoms with Gasteiger partial charge >= 0.3 is 5.97 Å². The van der Waals surface area contributed by atoms with Crippen molar-refractivity contribution in [3.05, 3.63) is 69.8 Å². The van der Waals surface area contributed by atoms with Crippen LogP contribution in [0.25, 0.3) is 16.6 Å². The number of ether oxygens (including phenoxy) is 1. The Labute approximate surface area is 177 Å². The smallest absolute Gasteiger partial charge is 0.356 e. The zero-order chi connectivity index (χ0) is 22.1. The molecule has 0 bridgehead atoms. The molecule has 0 saturated heterocycles. The van der Waals surface area contributed by atoms with E-state index in [1.54, 1.807) is 31.2 Å². The highest BCUT2D eigenvalue weighted by molar-refractivity contribution is 6.00. The number of hydrogen-bond acceptors (Lipinski definition) is 6. The summed E-state index contributed by atoms with van der Waals surface area (Å²) in [5, 5.41) is 3.63. The van der Waals surface area contributed by atoms with E-state index in [0.29, 0.717) is 22.0 Å². The highest BCUT2D eigenvalue weighted by Crippen LogP contribution is 2.29. The lowest BCUT2D eigenvalue weighted by atomic mass is 10.1. The molecule has 31 heavy (non-hydrogen) atoms. The third-order valence-electron chi connectivity index (χ3n) is 5.28. The van der Waals surface area contributed by atoms with Crippen molar-refractivity contribution in [2.45, 2.75) is 19.8 Å². The number of esters is 1. The number of methoxy groups -OCH3 is 1. The van der Waals surface area contributed by atoms with Crippen molar-refractivity contribution < 1.29 is 19.1 Å². The number of rotatable bonds is 6. The second-order valence-electron chi connectivity index (χ2n) is 7.52. The maximum atomic E-state index is 13.3. The fourth-order valence-electron chi connectivity index (χ4n) is 3.45. The summed E-state index contributed by atoms with van der Waals surface area (Å²) in [6, 6.07) is 11.4. The van der Waals surface area contributed by atoms with E-state index in [-0.39, 0.29) is 35.3 Å². The minimum atomic E-state index is -0.604. The van der Waals surface area contributed by atoms with E-state index in [1.165, 1.54) is 23.8 Å². The molecule has 1 aromatic carbocycles. The number of pyridine rings is 2. The van der Waals surface area contributed by atoms with Crippen LogP contribution in [0.3, 0.4) is 0 Å². The highest BCUT2D eigenvalue weighted by atomic mass is 16.5. The molecule has 8 nitrogen and oxygen atoms in total. The second kappa shape index (κ2) is 8.14. The zero-order valence-corrected chi connectivity index (χ0v) is 17.2. The average molecular weight is 419 g/mol. The monoisotopic (exact) mass is 419 g/mol. The second-order valence-corrected chi connectivity index (χ2v) is 7.52. The van der Waals surface area contributed by atoms with Crippen molar-refractivity contribution >= 4 is 28.4 Å². The lowest BCUT2D eigenvalue weighted by Crippen LogP contribution is -2.30. The number of ketones is 1. The van der Waals surface area contributed by atoms with Gasteiger partial charge in [0.25, 0.3) is 11.5 Å². The maximum absolute atomic E-state index is 13.3. The summed E-state index contributed by atoms with van der Waals surface area (Å²) in [5.41, 5.74) is 0.632. The van der Waals surface area contributed by atoms with Crippen LogP contribution < -0.4 is 10.9 Å². The van der Waals surface area contributed by atoms with Crippen LogP contribution in [0.1, 0.15) is 39.4 Å². The minimum Gasteiger partial charge on any atom is -0.464 e. The molecular weight excluding hydrogens is 398 g/mol. The van der Waals surface area contributed by atoms with Gasteiger partial charge in [0.15, 0.2) is 11.5 Å². The van der Waals surface area contributed by atoms with Crippen LogP contribution in [0.4, 0.5) is 0 Å². The van der Waals surface area contributed by atoms with E-state index in [1.807, 2.05) is 6.07 Å². The Balaban J connectivity index is 1.71. The molecule has 1 aliphatic rings. The number of fused-ring (bicyclic) bond motifs is 1. The molecule has 1 N–H and O–H groups in total. The van der Waals surface area contributed by atoms with Crippen LogP contribution in [0.2, 0.25) is 0 Å². The molecule has 3 aromatic rings. The number of hydrogen-bond donors (Lipinski definition) is 1. The van der Waals surface area contributed by atoms with Gasteiger partial charge in [-0.2, -0.15) is 0 Å². The lowest BCUT2D eigenvalue weighted by molar-refractivity contribution is -0.119. The zero-order valence-electron chi connectivity index (χ0n) is 17.2. The van der Waals surface area contributed by atoms with Crippen molar-refractivity contribution in [1.82, 2.24) is 14.9 Å². The largest absolute Gasteiger partial charge is 0.464 e. The van der Waals surface area contributed by atoms with Gasteiger partial charge in [0.05, 0.1) is 13.7 Å². The number of benzene rings is 1. The van der Waals surface area contributed by atoms with Crippen LogP contribution in [0.15, 0.2) is 47.3 Å². The van der Waals surface area contributed by atoms with Crippen molar-refractivity contribution in [3.8, 4) is 5.82 Å². The Kier molecular flexibility index (Phi) is 5.37. The van der Waals surface area contributed by atoms with E-state index >= 15 is 0 Å². The molecule has 1 aliphatic carbocycles. The standard InChI is InChI=1S/C23H21N3O5/c1-13-10-15-8-9-16(21(28)24-12-19(27)14-6-7-14)11-17(15)22(29)26(13)20-5-3-4-18(25-20)23(30)31-2/h3-5,8-11,14H,6-7,12H2,1-2H3,(H,24,28). The molecule has 2 heterocycles. The topological polar surface area (TPSA) is 107 Å². The number of amides is 1. The van der Waals surface area contributed by atoms with E-state index < -0.39 is 11.9 Å². The lowest BCUT2D eigenvalue weighted by Gasteiger charge is -2.12. The Morgan fingerprint density at radius 2 is 1.94 bits per heavy atom. The third kappa shape index (κ3) is 4.09. The molecule has 1 fully saturated rings. The van der Waals surface area contributed by atoms with Crippen LogP contribution in [0, 0.1) is 12.8 Å². The van der Waals surface area contributed by atoms with Crippen LogP contribution in [0.5, 0.6) is 0 Å². The van der Waals surface area contributed by atoms with Gasteiger partial charge in [0.2, 0.25) is 0 Å². The Hall–Kier alpha value is -3.81. The normalized spacial score (nSPS) is 13.1. The Bertz CT molecular complexity index is 1270. The summed E-state index contributed by atoms with van der Waals surface area (Å²) in [4.78, 5) is 53.6. The number of aryl methyl sites for hydroxylation is 1. The van der Waals surface area contributed by atoms with E-state index in [9.17, 15) is 19.2 Å². The van der Waals surface area contributed by atoms with Crippen LogP contribution >= 0.6 is 0 Å². The Morgan fingerprint density at radius 3 is 2.65 bits per heavy atom. The number of nitrogens with one attached hydrogen (secondary N) is 1. The summed E-state index contributed by atoms with van der Waals surface area (Å²) < 4.78 is 6.08. The maximum Gasteiger partial charge on any atom is 0.356 e. The molecule has 0 atom stereocenters. The van der Waals surface area contributed by atoms with Gasteiger partial charge in [-0.05, 0) is 55.5 Å². The first-order valence-electron chi connectivity index (χ1n) is 9.92. The predicted octanol–water partition coefficient (Wildman–Crippen LogP) is 2.19. The van der Waals surface area contributed by atoms with E-state index in [2.05, 4.69) is 10.3 Å². The third-order valence-corrected chi connectivity index (χ3v) is 5.28. The van der Waals surface area contributed by atoms with Crippen LogP contribution in [-0.4, -0.2) is 40.9 Å². The number of nitrogens with zero attached hydrogens (tertiary/aromatic N) is 2. The molecule has 8 heteroatoms. The summed E-state index contributed by atoms with van der Waals surface area (Å²) in [6.45, 7) is 1.75. The average Bonchev–Trinajstić information content (AvgIpc) is 3.62. The molecule has 4 rings (SSSR count). The number of carbonyl (C=O) groups is 3. The summed E-state index contributed by atoms with van der Waals surface area (Å²) in [7, 11) is 1.26. The summed E-state index contributed by atoms with van der Waals surface area (Å²) >= 11 is 0. The predicted molar refractivity (Wildman–Crippen MR) is 113 cm³/mol. The van der Waals surface area contributed by atoms with Crippen molar-refractivity contribution in [3.63, 3.8) is 0 Å². The first-order valence-corrected chi connectivity index (χ1v) is 9.92.